The van der Waals surface area contributed by atoms with Crippen molar-refractivity contribution in [2.45, 2.75) is 12.8 Å². The van der Waals surface area contributed by atoms with E-state index in [1.54, 1.807) is 6.07 Å². The molecule has 3 nitrogen and oxygen atoms in total. The second-order valence-corrected chi connectivity index (χ2v) is 4.37. The number of nitrogens with two attached hydrogens (primary N) is 1. The number of hydrogen-bond donors (Lipinski definition) is 2. The van der Waals surface area contributed by atoms with E-state index >= 15 is 0 Å². The van der Waals surface area contributed by atoms with Crippen LogP contribution in [-0.4, -0.2) is 17.4 Å². The summed E-state index contributed by atoms with van der Waals surface area (Å²) in [5.41, 5.74) is 5.58. The Labute approximate surface area is 109 Å². The third-order valence-corrected chi connectivity index (χ3v) is 2.62. The molecular weight excluding hydrogens is 263 g/mol. The molecule has 92 valence electrons. The van der Waals surface area contributed by atoms with Crippen LogP contribution < -0.4 is 11.1 Å². The third kappa shape index (κ3) is 4.66. The lowest BCUT2D eigenvalue weighted by Crippen LogP contribution is -2.32. The highest BCUT2D eigenvalue weighted by molar-refractivity contribution is 7.80. The zero-order valence-electron chi connectivity index (χ0n) is 9.00. The quantitative estimate of drug-likeness (QED) is 0.805. The van der Waals surface area contributed by atoms with Crippen LogP contribution in [0.5, 0.6) is 0 Å². The molecule has 0 atom stereocenters. The third-order valence-electron chi connectivity index (χ3n) is 2.12. The molecule has 0 saturated carbocycles. The predicted octanol–water partition coefficient (Wildman–Crippen LogP) is 1.81. The number of rotatable bonds is 5. The van der Waals surface area contributed by atoms with E-state index in [9.17, 15) is 9.18 Å². The van der Waals surface area contributed by atoms with Crippen LogP contribution in [0.3, 0.4) is 0 Å². The van der Waals surface area contributed by atoms with Gasteiger partial charge in [-0.25, -0.2) is 4.39 Å². The van der Waals surface area contributed by atoms with Gasteiger partial charge in [0.2, 0.25) is 5.91 Å². The lowest BCUT2D eigenvalue weighted by Gasteiger charge is -2.06. The molecule has 6 heteroatoms. The number of hydrogen-bond acceptors (Lipinski definition) is 2. The van der Waals surface area contributed by atoms with Crippen molar-refractivity contribution in [3.05, 3.63) is 34.6 Å². The molecule has 1 aromatic carbocycles. The van der Waals surface area contributed by atoms with Crippen LogP contribution in [-0.2, 0) is 11.2 Å². The molecule has 0 aliphatic heterocycles. The molecule has 0 aliphatic carbocycles. The van der Waals surface area contributed by atoms with Gasteiger partial charge in [0.1, 0.15) is 5.82 Å². The molecule has 0 fully saturated rings. The highest BCUT2D eigenvalue weighted by Crippen LogP contribution is 2.20. The zero-order chi connectivity index (χ0) is 12.8. The smallest absolute Gasteiger partial charge is 0.220 e. The van der Waals surface area contributed by atoms with Gasteiger partial charge in [-0.3, -0.25) is 4.79 Å². The highest BCUT2D eigenvalue weighted by Gasteiger charge is 2.09. The van der Waals surface area contributed by atoms with Crippen LogP contribution in [0.2, 0.25) is 5.02 Å². The van der Waals surface area contributed by atoms with Gasteiger partial charge in [-0.1, -0.05) is 29.9 Å². The number of halogens is 2. The summed E-state index contributed by atoms with van der Waals surface area (Å²) in [7, 11) is 0. The Kier molecular flexibility index (Phi) is 5.31. The molecule has 1 aromatic rings. The fraction of sp³-hybridized carbons (Fsp3) is 0.273. The average Bonchev–Trinajstić information content (AvgIpc) is 2.25. The summed E-state index contributed by atoms with van der Waals surface area (Å²) in [5.74, 6) is -0.642. The van der Waals surface area contributed by atoms with Crippen LogP contribution in [0.1, 0.15) is 12.0 Å². The first-order chi connectivity index (χ1) is 8.00. The lowest BCUT2D eigenvalue weighted by molar-refractivity contribution is -0.120. The van der Waals surface area contributed by atoms with Gasteiger partial charge < -0.3 is 11.1 Å². The Hall–Kier alpha value is -1.20. The van der Waals surface area contributed by atoms with Crippen molar-refractivity contribution in [2.75, 3.05) is 6.54 Å². The van der Waals surface area contributed by atoms with Gasteiger partial charge in [-0.05, 0) is 18.6 Å². The molecule has 0 bridgehead atoms. The zero-order valence-corrected chi connectivity index (χ0v) is 10.6. The first kappa shape index (κ1) is 13.9. The summed E-state index contributed by atoms with van der Waals surface area (Å²) in [6.45, 7) is 0.152. The largest absolute Gasteiger partial charge is 0.392 e. The van der Waals surface area contributed by atoms with E-state index in [4.69, 9.17) is 17.3 Å². The van der Waals surface area contributed by atoms with Crippen LogP contribution in [0.25, 0.3) is 0 Å². The highest BCUT2D eigenvalue weighted by atomic mass is 35.5. The molecule has 0 unspecified atom stereocenters. The minimum atomic E-state index is -0.403. The predicted molar refractivity (Wildman–Crippen MR) is 69.5 cm³/mol. The topological polar surface area (TPSA) is 55.1 Å². The first-order valence-corrected chi connectivity index (χ1v) is 5.77. The van der Waals surface area contributed by atoms with E-state index in [1.165, 1.54) is 12.1 Å². The fourth-order valence-electron chi connectivity index (χ4n) is 1.28. The summed E-state index contributed by atoms with van der Waals surface area (Å²) >= 11 is 10.4. The summed E-state index contributed by atoms with van der Waals surface area (Å²) in [5, 5.41) is 2.85. The van der Waals surface area contributed by atoms with E-state index in [-0.39, 0.29) is 30.3 Å². The van der Waals surface area contributed by atoms with Gasteiger partial charge in [0, 0.05) is 17.0 Å². The number of nitrogens with one attached hydrogen (secondary N) is 1. The van der Waals surface area contributed by atoms with Crippen molar-refractivity contribution < 1.29 is 9.18 Å². The Balaban J connectivity index is 2.50. The molecule has 0 saturated heterocycles. The summed E-state index contributed by atoms with van der Waals surface area (Å²) in [6.07, 6.45) is 0.387. The lowest BCUT2D eigenvalue weighted by atomic mass is 10.1. The van der Waals surface area contributed by atoms with Gasteiger partial charge >= 0.3 is 0 Å². The molecule has 1 rings (SSSR count). The van der Waals surface area contributed by atoms with E-state index < -0.39 is 5.82 Å². The Morgan fingerprint density at radius 2 is 2.24 bits per heavy atom. The molecule has 0 spiro atoms. The second-order valence-electron chi connectivity index (χ2n) is 3.44. The number of benzene rings is 1. The van der Waals surface area contributed by atoms with Gasteiger partial charge in [0.25, 0.3) is 0 Å². The maximum Gasteiger partial charge on any atom is 0.220 e. The van der Waals surface area contributed by atoms with Gasteiger partial charge in [-0.2, -0.15) is 0 Å². The Bertz CT molecular complexity index is 419. The maximum absolute atomic E-state index is 13.4. The number of carbonyl (C=O) groups excluding carboxylic acids is 1. The monoisotopic (exact) mass is 274 g/mol. The molecule has 0 aliphatic rings. The minimum absolute atomic E-state index is 0.142. The van der Waals surface area contributed by atoms with Crippen LogP contribution in [0.4, 0.5) is 4.39 Å². The van der Waals surface area contributed by atoms with Crippen molar-refractivity contribution in [2.24, 2.45) is 5.73 Å². The number of thiocarbonyl (C=S) groups is 1. The van der Waals surface area contributed by atoms with E-state index in [1.807, 2.05) is 0 Å². The van der Waals surface area contributed by atoms with E-state index in [0.717, 1.165) is 0 Å². The summed E-state index contributed by atoms with van der Waals surface area (Å²) in [6, 6.07) is 4.43. The fourth-order valence-corrected chi connectivity index (χ4v) is 1.61. The summed E-state index contributed by atoms with van der Waals surface area (Å²) < 4.78 is 13.4. The minimum Gasteiger partial charge on any atom is -0.392 e. The standard InChI is InChI=1S/C11H12ClFN2OS/c12-8-2-1-3-9(13)7(8)4-5-11(16)15-6-10(14)17/h1-3H,4-6H2,(H2,14,17)(H,15,16). The molecule has 3 N–H and O–H groups in total. The molecule has 0 heterocycles. The van der Waals surface area contributed by atoms with Crippen LogP contribution in [0, 0.1) is 5.82 Å². The number of amides is 1. The Morgan fingerprint density at radius 3 is 2.82 bits per heavy atom. The number of carbonyl (C=O) groups is 1. The van der Waals surface area contributed by atoms with E-state index in [0.29, 0.717) is 10.6 Å². The van der Waals surface area contributed by atoms with Crippen molar-refractivity contribution >= 4 is 34.7 Å². The van der Waals surface area contributed by atoms with Crippen LogP contribution in [0.15, 0.2) is 18.2 Å². The molecule has 0 aromatic heterocycles. The SMILES string of the molecule is NC(=S)CNC(=O)CCc1c(F)cccc1Cl. The van der Waals surface area contributed by atoms with Crippen molar-refractivity contribution in [3.8, 4) is 0 Å². The molecule has 1 amide bonds. The normalized spacial score (nSPS) is 10.0. The molecule has 17 heavy (non-hydrogen) atoms. The second kappa shape index (κ2) is 6.51. The van der Waals surface area contributed by atoms with Crippen molar-refractivity contribution in [1.29, 1.82) is 0 Å². The van der Waals surface area contributed by atoms with E-state index in [2.05, 4.69) is 17.5 Å². The first-order valence-electron chi connectivity index (χ1n) is 4.98. The van der Waals surface area contributed by atoms with Crippen molar-refractivity contribution in [1.82, 2.24) is 5.32 Å². The maximum atomic E-state index is 13.4. The molecular formula is C11H12ClFN2OS. The van der Waals surface area contributed by atoms with Gasteiger partial charge in [0.15, 0.2) is 0 Å². The Morgan fingerprint density at radius 1 is 1.53 bits per heavy atom. The average molecular weight is 275 g/mol. The van der Waals surface area contributed by atoms with Gasteiger partial charge in [0.05, 0.1) is 11.5 Å². The van der Waals surface area contributed by atoms with Crippen molar-refractivity contribution in [3.63, 3.8) is 0 Å². The molecule has 0 radical (unpaired) electrons. The van der Waals surface area contributed by atoms with Gasteiger partial charge in [-0.15, -0.1) is 0 Å². The summed E-state index contributed by atoms with van der Waals surface area (Å²) in [4.78, 5) is 11.6. The van der Waals surface area contributed by atoms with Crippen LogP contribution >= 0.6 is 23.8 Å².